The molecule has 0 aliphatic rings. The van der Waals surface area contributed by atoms with Gasteiger partial charge in [0.2, 0.25) is 0 Å². The molecule has 2 rings (SSSR count). The van der Waals surface area contributed by atoms with Crippen molar-refractivity contribution in [3.63, 3.8) is 0 Å². The molecule has 5 N–H and O–H groups in total. The van der Waals surface area contributed by atoms with Crippen LogP contribution in [0, 0.1) is 6.92 Å². The Labute approximate surface area is 104 Å². The van der Waals surface area contributed by atoms with Crippen LogP contribution in [-0.2, 0) is 0 Å². The molecule has 0 fully saturated rings. The van der Waals surface area contributed by atoms with Crippen molar-refractivity contribution in [1.82, 2.24) is 4.98 Å². The number of benzene rings is 1. The number of hydrogen-bond acceptors (Lipinski definition) is 2. The van der Waals surface area contributed by atoms with Crippen molar-refractivity contribution in [2.75, 3.05) is 12.8 Å². The summed E-state index contributed by atoms with van der Waals surface area (Å²) in [5.41, 5.74) is 13.6. The number of aromatic amines is 1. The molecule has 0 unspecified atom stereocenters. The van der Waals surface area contributed by atoms with Gasteiger partial charge in [0, 0.05) is 16.5 Å². The fourth-order valence-corrected chi connectivity index (χ4v) is 1.57. The van der Waals surface area contributed by atoms with Crippen LogP contribution in [0.2, 0.25) is 0 Å². The van der Waals surface area contributed by atoms with E-state index in [1.807, 2.05) is 13.8 Å². The average molecular weight is 233 g/mol. The Kier molecular flexibility index (Phi) is 6.75. The molecule has 1 aromatic carbocycles. The van der Waals surface area contributed by atoms with Crippen LogP contribution >= 0.6 is 0 Å². The molecule has 17 heavy (non-hydrogen) atoms. The third-order valence-electron chi connectivity index (χ3n) is 2.23. The number of anilines is 1. The highest BCUT2D eigenvalue weighted by Gasteiger charge is 2.04. The van der Waals surface area contributed by atoms with Gasteiger partial charge in [0.1, 0.15) is 5.82 Å². The molecule has 0 bridgehead atoms. The number of aryl methyl sites for hydroxylation is 1. The van der Waals surface area contributed by atoms with Gasteiger partial charge in [-0.2, -0.15) is 0 Å². The van der Waals surface area contributed by atoms with Crippen LogP contribution in [0.1, 0.15) is 25.0 Å². The van der Waals surface area contributed by atoms with Crippen molar-refractivity contribution in [3.05, 3.63) is 35.9 Å². The maximum atomic E-state index is 5.79. The van der Waals surface area contributed by atoms with Gasteiger partial charge in [0.25, 0.3) is 0 Å². The fourth-order valence-electron chi connectivity index (χ4n) is 1.57. The molecule has 0 atom stereocenters. The van der Waals surface area contributed by atoms with Crippen LogP contribution in [0.25, 0.3) is 17.0 Å². The largest absolute Gasteiger partial charge is 0.385 e. The van der Waals surface area contributed by atoms with Gasteiger partial charge in [-0.15, -0.1) is 0 Å². The average Bonchev–Trinajstić information content (AvgIpc) is 2.68. The summed E-state index contributed by atoms with van der Waals surface area (Å²) < 4.78 is 0. The number of rotatable bonds is 1. The molecule has 3 heteroatoms. The maximum Gasteiger partial charge on any atom is 0.109 e. The monoisotopic (exact) mass is 233 g/mol. The Morgan fingerprint density at radius 2 is 1.82 bits per heavy atom. The Bertz CT molecular complexity index is 470. The van der Waals surface area contributed by atoms with Crippen molar-refractivity contribution in [2.45, 2.75) is 20.8 Å². The van der Waals surface area contributed by atoms with Gasteiger partial charge in [-0.25, -0.2) is 0 Å². The molecule has 0 spiro atoms. The summed E-state index contributed by atoms with van der Waals surface area (Å²) in [7, 11) is 1.50. The quantitative estimate of drug-likeness (QED) is 0.707. The van der Waals surface area contributed by atoms with Crippen molar-refractivity contribution < 1.29 is 0 Å². The molecule has 0 amide bonds. The summed E-state index contributed by atoms with van der Waals surface area (Å²) in [6, 6.07) is 6.22. The summed E-state index contributed by atoms with van der Waals surface area (Å²) >= 11 is 0. The Morgan fingerprint density at radius 1 is 1.24 bits per heavy atom. The predicted molar refractivity (Wildman–Crippen MR) is 79.0 cm³/mol. The second-order valence-corrected chi connectivity index (χ2v) is 3.21. The minimum atomic E-state index is 0.690. The summed E-state index contributed by atoms with van der Waals surface area (Å²) in [4.78, 5) is 3.13. The van der Waals surface area contributed by atoms with E-state index >= 15 is 0 Å². The molecule has 0 radical (unpaired) electrons. The van der Waals surface area contributed by atoms with Gasteiger partial charge in [-0.1, -0.05) is 38.6 Å². The molecule has 2 aromatic rings. The molecule has 0 aliphatic heterocycles. The fraction of sp³-hybridized carbons (Fsp3) is 0.286. The molecule has 0 saturated carbocycles. The first-order chi connectivity index (χ1) is 8.22. The van der Waals surface area contributed by atoms with E-state index in [-0.39, 0.29) is 0 Å². The van der Waals surface area contributed by atoms with Gasteiger partial charge in [-0.05, 0) is 25.6 Å². The Balaban J connectivity index is 0.000000581. The minimum absolute atomic E-state index is 0.690. The highest BCUT2D eigenvalue weighted by atomic mass is 14.8. The van der Waals surface area contributed by atoms with Crippen molar-refractivity contribution in [3.8, 4) is 0 Å². The second-order valence-electron chi connectivity index (χ2n) is 3.21. The van der Waals surface area contributed by atoms with Crippen LogP contribution in [-0.4, -0.2) is 12.0 Å². The van der Waals surface area contributed by atoms with Crippen LogP contribution in [0.4, 0.5) is 5.82 Å². The third-order valence-corrected chi connectivity index (χ3v) is 2.23. The van der Waals surface area contributed by atoms with E-state index in [4.69, 9.17) is 5.73 Å². The van der Waals surface area contributed by atoms with E-state index in [9.17, 15) is 0 Å². The number of nitrogens with two attached hydrogens (primary N) is 2. The standard InChI is InChI=1S/C11H12N2.C2H6.CH5N/c1-3-8-9-5-4-7(2)6-10(9)13-11(8)12;2*1-2/h3-6,13H,1,12H2,2H3;1-2H3;2H2,1H3. The number of hydrogen-bond donors (Lipinski definition) is 3. The normalized spacial score (nSPS) is 8.76. The summed E-state index contributed by atoms with van der Waals surface area (Å²) in [5, 5.41) is 1.14. The summed E-state index contributed by atoms with van der Waals surface area (Å²) in [5.74, 6) is 0.690. The Morgan fingerprint density at radius 3 is 2.35 bits per heavy atom. The number of nitrogen functional groups attached to an aromatic ring is 1. The lowest BCUT2D eigenvalue weighted by Gasteiger charge is -1.93. The SMILES string of the molecule is C=Cc1c(N)[nH]c2cc(C)ccc12.CC.CN. The van der Waals surface area contributed by atoms with Gasteiger partial charge in [0.05, 0.1) is 0 Å². The molecule has 94 valence electrons. The Hall–Kier alpha value is -1.74. The lowest BCUT2D eigenvalue weighted by atomic mass is 10.1. The topological polar surface area (TPSA) is 67.8 Å². The number of nitrogens with one attached hydrogen (secondary N) is 1. The second kappa shape index (κ2) is 7.52. The number of H-pyrrole nitrogens is 1. The zero-order chi connectivity index (χ0) is 13.4. The molecule has 0 aliphatic carbocycles. The molecular weight excluding hydrogens is 210 g/mol. The molecule has 1 heterocycles. The predicted octanol–water partition coefficient (Wildman–Crippen LogP) is 3.30. The van der Waals surface area contributed by atoms with Crippen LogP contribution in [0.15, 0.2) is 24.8 Å². The zero-order valence-electron chi connectivity index (χ0n) is 11.2. The van der Waals surface area contributed by atoms with E-state index in [1.54, 1.807) is 6.08 Å². The van der Waals surface area contributed by atoms with Crippen LogP contribution in [0.3, 0.4) is 0 Å². The molecule has 0 saturated heterocycles. The zero-order valence-corrected chi connectivity index (χ0v) is 11.2. The number of fused-ring (bicyclic) bond motifs is 1. The smallest absolute Gasteiger partial charge is 0.109 e. The van der Waals surface area contributed by atoms with Crippen molar-refractivity contribution >= 4 is 22.8 Å². The van der Waals surface area contributed by atoms with Gasteiger partial charge in [-0.3, -0.25) is 0 Å². The molecule has 1 aromatic heterocycles. The van der Waals surface area contributed by atoms with E-state index in [0.717, 1.165) is 16.5 Å². The van der Waals surface area contributed by atoms with E-state index in [2.05, 4.69) is 42.4 Å². The maximum absolute atomic E-state index is 5.79. The van der Waals surface area contributed by atoms with E-state index in [0.29, 0.717) is 5.82 Å². The molecule has 3 nitrogen and oxygen atoms in total. The van der Waals surface area contributed by atoms with Crippen molar-refractivity contribution in [2.24, 2.45) is 5.73 Å². The summed E-state index contributed by atoms with van der Waals surface area (Å²) in [6.45, 7) is 9.80. The highest BCUT2D eigenvalue weighted by molar-refractivity contribution is 5.94. The van der Waals surface area contributed by atoms with Crippen molar-refractivity contribution in [1.29, 1.82) is 0 Å². The molecular formula is C14H23N3. The first kappa shape index (κ1) is 15.3. The third kappa shape index (κ3) is 3.36. The van der Waals surface area contributed by atoms with E-state index in [1.165, 1.54) is 12.6 Å². The highest BCUT2D eigenvalue weighted by Crippen LogP contribution is 2.25. The van der Waals surface area contributed by atoms with E-state index < -0.39 is 0 Å². The van der Waals surface area contributed by atoms with Gasteiger partial charge >= 0.3 is 0 Å². The number of aromatic nitrogens is 1. The summed E-state index contributed by atoms with van der Waals surface area (Å²) in [6.07, 6.45) is 1.78. The lowest BCUT2D eigenvalue weighted by Crippen LogP contribution is -1.85. The van der Waals surface area contributed by atoms with Crippen LogP contribution < -0.4 is 11.5 Å². The first-order valence-corrected chi connectivity index (χ1v) is 5.80. The lowest BCUT2D eigenvalue weighted by molar-refractivity contribution is 1.44. The first-order valence-electron chi connectivity index (χ1n) is 5.80. The van der Waals surface area contributed by atoms with Crippen LogP contribution in [0.5, 0.6) is 0 Å². The van der Waals surface area contributed by atoms with Gasteiger partial charge < -0.3 is 16.5 Å². The van der Waals surface area contributed by atoms with Gasteiger partial charge in [0.15, 0.2) is 0 Å². The minimum Gasteiger partial charge on any atom is -0.385 e.